The van der Waals surface area contributed by atoms with Gasteiger partial charge in [0.1, 0.15) is 18.7 Å². The van der Waals surface area contributed by atoms with E-state index in [4.69, 9.17) is 4.74 Å². The number of tetrazole rings is 1. The second-order valence-corrected chi connectivity index (χ2v) is 3.18. The maximum atomic E-state index is 11.5. The standard InChI is InChI=1S/C8H11N7O2/c1-3-17-8(16)7-11-12-13-15(7)4-6-9-5-10-14(6)2/h5H,3-4H2,1-2H3. The summed E-state index contributed by atoms with van der Waals surface area (Å²) in [6, 6.07) is 0. The van der Waals surface area contributed by atoms with Gasteiger partial charge in [-0.05, 0) is 17.4 Å². The van der Waals surface area contributed by atoms with Gasteiger partial charge in [-0.2, -0.15) is 5.10 Å². The molecule has 9 nitrogen and oxygen atoms in total. The average molecular weight is 237 g/mol. The van der Waals surface area contributed by atoms with Crippen molar-refractivity contribution in [1.82, 2.24) is 35.0 Å². The Morgan fingerprint density at radius 1 is 1.53 bits per heavy atom. The number of ether oxygens (including phenoxy) is 1. The molecule has 0 amide bonds. The normalized spacial score (nSPS) is 10.5. The zero-order valence-electron chi connectivity index (χ0n) is 9.44. The molecule has 0 bridgehead atoms. The van der Waals surface area contributed by atoms with Gasteiger partial charge in [0.25, 0.3) is 5.82 Å². The molecule has 0 saturated carbocycles. The summed E-state index contributed by atoms with van der Waals surface area (Å²) >= 11 is 0. The van der Waals surface area contributed by atoms with Gasteiger partial charge in [0.2, 0.25) is 0 Å². The molecule has 0 unspecified atom stereocenters. The first-order valence-corrected chi connectivity index (χ1v) is 4.98. The van der Waals surface area contributed by atoms with E-state index < -0.39 is 5.97 Å². The van der Waals surface area contributed by atoms with E-state index in [0.29, 0.717) is 5.82 Å². The predicted octanol–water partition coefficient (Wildman–Crippen LogP) is -0.973. The molecule has 90 valence electrons. The Balaban J connectivity index is 2.20. The summed E-state index contributed by atoms with van der Waals surface area (Å²) in [6.45, 7) is 2.25. The molecule has 0 aliphatic heterocycles. The highest BCUT2D eigenvalue weighted by Crippen LogP contribution is 2.00. The van der Waals surface area contributed by atoms with Gasteiger partial charge in [-0.1, -0.05) is 0 Å². The smallest absolute Gasteiger partial charge is 0.378 e. The van der Waals surface area contributed by atoms with Crippen molar-refractivity contribution in [3.8, 4) is 0 Å². The number of aryl methyl sites for hydroxylation is 1. The Morgan fingerprint density at radius 2 is 2.35 bits per heavy atom. The van der Waals surface area contributed by atoms with Crippen molar-refractivity contribution in [1.29, 1.82) is 0 Å². The van der Waals surface area contributed by atoms with E-state index in [0.717, 1.165) is 0 Å². The van der Waals surface area contributed by atoms with Crippen LogP contribution < -0.4 is 0 Å². The van der Waals surface area contributed by atoms with Crippen molar-refractivity contribution in [2.24, 2.45) is 7.05 Å². The monoisotopic (exact) mass is 237 g/mol. The van der Waals surface area contributed by atoms with Gasteiger partial charge in [-0.3, -0.25) is 4.68 Å². The number of carbonyl (C=O) groups is 1. The summed E-state index contributed by atoms with van der Waals surface area (Å²) in [5, 5.41) is 14.7. The summed E-state index contributed by atoms with van der Waals surface area (Å²) in [6.07, 6.45) is 1.42. The van der Waals surface area contributed by atoms with Gasteiger partial charge in [0.15, 0.2) is 0 Å². The zero-order valence-corrected chi connectivity index (χ0v) is 9.44. The third-order valence-corrected chi connectivity index (χ3v) is 2.09. The van der Waals surface area contributed by atoms with Crippen LogP contribution in [0.15, 0.2) is 6.33 Å². The largest absolute Gasteiger partial charge is 0.460 e. The van der Waals surface area contributed by atoms with Crippen LogP contribution in [0.25, 0.3) is 0 Å². The molecule has 9 heteroatoms. The molecular formula is C8H11N7O2. The van der Waals surface area contributed by atoms with Crippen molar-refractivity contribution in [2.45, 2.75) is 13.5 Å². The quantitative estimate of drug-likeness (QED) is 0.630. The van der Waals surface area contributed by atoms with Crippen LogP contribution in [0, 0.1) is 0 Å². The summed E-state index contributed by atoms with van der Waals surface area (Å²) in [7, 11) is 1.75. The fraction of sp³-hybridized carbons (Fsp3) is 0.500. The molecule has 2 heterocycles. The van der Waals surface area contributed by atoms with Crippen molar-refractivity contribution in [2.75, 3.05) is 6.61 Å². The summed E-state index contributed by atoms with van der Waals surface area (Å²) in [5.41, 5.74) is 0. The molecule has 0 radical (unpaired) electrons. The summed E-state index contributed by atoms with van der Waals surface area (Å²) in [5.74, 6) is 0.136. The molecule has 0 aromatic carbocycles. The number of rotatable bonds is 4. The molecule has 2 aromatic heterocycles. The van der Waals surface area contributed by atoms with Crippen LogP contribution in [0.2, 0.25) is 0 Å². The van der Waals surface area contributed by atoms with Crippen LogP contribution >= 0.6 is 0 Å². The fourth-order valence-electron chi connectivity index (χ4n) is 1.25. The Morgan fingerprint density at radius 3 is 3.00 bits per heavy atom. The number of carbonyl (C=O) groups excluding carboxylic acids is 1. The van der Waals surface area contributed by atoms with E-state index in [2.05, 4.69) is 25.6 Å². The minimum Gasteiger partial charge on any atom is -0.460 e. The van der Waals surface area contributed by atoms with Gasteiger partial charge < -0.3 is 4.74 Å². The Hall–Kier alpha value is -2.32. The molecule has 0 aliphatic rings. The van der Waals surface area contributed by atoms with E-state index in [9.17, 15) is 4.79 Å². The lowest BCUT2D eigenvalue weighted by atomic mass is 10.5. The number of nitrogens with zero attached hydrogens (tertiary/aromatic N) is 7. The molecule has 0 aliphatic carbocycles. The predicted molar refractivity (Wildman–Crippen MR) is 53.9 cm³/mol. The van der Waals surface area contributed by atoms with Crippen LogP contribution in [0.5, 0.6) is 0 Å². The third kappa shape index (κ3) is 2.27. The first kappa shape index (κ1) is 11.2. The van der Waals surface area contributed by atoms with E-state index in [-0.39, 0.29) is 19.0 Å². The maximum Gasteiger partial charge on any atom is 0.378 e. The summed E-state index contributed by atoms with van der Waals surface area (Å²) < 4.78 is 7.73. The highest BCUT2D eigenvalue weighted by molar-refractivity contribution is 5.85. The molecule has 0 atom stereocenters. The number of esters is 1. The molecular weight excluding hydrogens is 226 g/mol. The third-order valence-electron chi connectivity index (χ3n) is 2.09. The zero-order chi connectivity index (χ0) is 12.3. The molecule has 2 aromatic rings. The van der Waals surface area contributed by atoms with E-state index in [1.54, 1.807) is 18.7 Å². The Kier molecular flexibility index (Phi) is 3.08. The second-order valence-electron chi connectivity index (χ2n) is 3.18. The van der Waals surface area contributed by atoms with Gasteiger partial charge in [-0.25, -0.2) is 14.5 Å². The van der Waals surface area contributed by atoms with Gasteiger partial charge >= 0.3 is 5.97 Å². The van der Waals surface area contributed by atoms with Crippen molar-refractivity contribution in [3.05, 3.63) is 18.0 Å². The van der Waals surface area contributed by atoms with Crippen LogP contribution in [-0.4, -0.2) is 47.5 Å². The van der Waals surface area contributed by atoms with Gasteiger partial charge in [0.05, 0.1) is 6.61 Å². The van der Waals surface area contributed by atoms with Crippen molar-refractivity contribution in [3.63, 3.8) is 0 Å². The molecule has 2 rings (SSSR count). The minimum absolute atomic E-state index is 0.0508. The number of hydrogen-bond acceptors (Lipinski definition) is 7. The average Bonchev–Trinajstić information content (AvgIpc) is 2.90. The Labute approximate surface area is 96.4 Å². The molecule has 17 heavy (non-hydrogen) atoms. The fourth-order valence-corrected chi connectivity index (χ4v) is 1.25. The first-order chi connectivity index (χ1) is 8.22. The van der Waals surface area contributed by atoms with Gasteiger partial charge in [0, 0.05) is 7.05 Å². The van der Waals surface area contributed by atoms with Crippen LogP contribution in [0.4, 0.5) is 0 Å². The first-order valence-electron chi connectivity index (χ1n) is 4.98. The molecule has 0 saturated heterocycles. The van der Waals surface area contributed by atoms with E-state index in [1.165, 1.54) is 11.0 Å². The second kappa shape index (κ2) is 4.68. The number of aromatic nitrogens is 7. The van der Waals surface area contributed by atoms with Gasteiger partial charge in [-0.15, -0.1) is 5.10 Å². The topological polar surface area (TPSA) is 101 Å². The van der Waals surface area contributed by atoms with Crippen LogP contribution in [0.3, 0.4) is 0 Å². The van der Waals surface area contributed by atoms with E-state index in [1.807, 2.05) is 0 Å². The molecule has 0 fully saturated rings. The van der Waals surface area contributed by atoms with Crippen molar-refractivity contribution < 1.29 is 9.53 Å². The van der Waals surface area contributed by atoms with E-state index >= 15 is 0 Å². The molecule has 0 spiro atoms. The highest BCUT2D eigenvalue weighted by Gasteiger charge is 2.17. The number of hydrogen-bond donors (Lipinski definition) is 0. The Bertz CT molecular complexity index is 517. The highest BCUT2D eigenvalue weighted by atomic mass is 16.5. The summed E-state index contributed by atoms with van der Waals surface area (Å²) in [4.78, 5) is 15.5. The lowest BCUT2D eigenvalue weighted by Crippen LogP contribution is -2.17. The lowest BCUT2D eigenvalue weighted by Gasteiger charge is -2.03. The molecule has 0 N–H and O–H groups in total. The maximum absolute atomic E-state index is 11.5. The van der Waals surface area contributed by atoms with Crippen molar-refractivity contribution >= 4 is 5.97 Å². The van der Waals surface area contributed by atoms with Crippen LogP contribution in [-0.2, 0) is 18.3 Å². The SMILES string of the molecule is CCOC(=O)c1nnnn1Cc1ncnn1C. The van der Waals surface area contributed by atoms with Crippen LogP contribution in [0.1, 0.15) is 23.4 Å². The minimum atomic E-state index is -0.556. The lowest BCUT2D eigenvalue weighted by molar-refractivity contribution is 0.0505.